The molecule has 1 amide bonds. The van der Waals surface area contributed by atoms with Gasteiger partial charge in [0.1, 0.15) is 12.4 Å². The molecule has 0 unspecified atom stereocenters. The first-order valence-electron chi connectivity index (χ1n) is 7.69. The minimum Gasteiger partial charge on any atom is -0.494 e. The van der Waals surface area contributed by atoms with Gasteiger partial charge in [0.05, 0.1) is 12.8 Å². The van der Waals surface area contributed by atoms with Crippen LogP contribution in [0.15, 0.2) is 18.2 Å². The fraction of sp³-hybridized carbons (Fsp3) is 0.588. The molecule has 5 heteroatoms. The summed E-state index contributed by atoms with van der Waals surface area (Å²) in [5.74, 6) is 0.715. The second kappa shape index (κ2) is 6.57. The molecule has 1 aliphatic rings. The highest BCUT2D eigenvalue weighted by molar-refractivity contribution is 5.77. The number of nitrogens with zero attached hydrogens (tertiary/aromatic N) is 2. The quantitative estimate of drug-likeness (QED) is 0.922. The Balaban J connectivity index is 2.22. The molecule has 22 heavy (non-hydrogen) atoms. The van der Waals surface area contributed by atoms with Crippen LogP contribution in [0.25, 0.3) is 0 Å². The van der Waals surface area contributed by atoms with E-state index in [1.807, 2.05) is 0 Å². The van der Waals surface area contributed by atoms with Crippen molar-refractivity contribution in [2.45, 2.75) is 26.2 Å². The first-order chi connectivity index (χ1) is 10.4. The van der Waals surface area contributed by atoms with Gasteiger partial charge in [-0.05, 0) is 11.5 Å². The van der Waals surface area contributed by atoms with Gasteiger partial charge < -0.3 is 19.6 Å². The molecule has 0 atom stereocenters. The molecular formula is C17H26N2O3. The van der Waals surface area contributed by atoms with E-state index in [9.17, 15) is 4.79 Å². The number of benzene rings is 1. The molecule has 1 heterocycles. The van der Waals surface area contributed by atoms with Crippen LogP contribution in [-0.2, 0) is 10.2 Å². The fourth-order valence-electron chi connectivity index (χ4n) is 2.88. The Morgan fingerprint density at radius 3 is 2.36 bits per heavy atom. The van der Waals surface area contributed by atoms with Crippen molar-refractivity contribution in [3.05, 3.63) is 23.8 Å². The molecular weight excluding hydrogens is 280 g/mol. The number of carbonyl (C=O) groups excluding carboxylic acids is 1. The zero-order chi connectivity index (χ0) is 16.3. The zero-order valence-corrected chi connectivity index (χ0v) is 13.9. The third-order valence-corrected chi connectivity index (χ3v) is 4.11. The molecule has 1 aromatic rings. The van der Waals surface area contributed by atoms with Gasteiger partial charge >= 0.3 is 0 Å². The van der Waals surface area contributed by atoms with Crippen LogP contribution in [0.3, 0.4) is 0 Å². The Kier molecular flexibility index (Phi) is 4.96. The minimum atomic E-state index is -0.414. The molecule has 1 saturated heterocycles. The lowest BCUT2D eigenvalue weighted by atomic mass is 9.86. The van der Waals surface area contributed by atoms with E-state index in [1.165, 1.54) is 5.56 Å². The topological polar surface area (TPSA) is 53.0 Å². The first-order valence-corrected chi connectivity index (χ1v) is 7.69. The molecule has 2 rings (SSSR count). The van der Waals surface area contributed by atoms with Crippen molar-refractivity contribution in [1.29, 1.82) is 0 Å². The summed E-state index contributed by atoms with van der Waals surface area (Å²) in [7, 11) is 1.71. The summed E-state index contributed by atoms with van der Waals surface area (Å²) in [6.07, 6.45) is 0. The predicted molar refractivity (Wildman–Crippen MR) is 87.6 cm³/mol. The van der Waals surface area contributed by atoms with Gasteiger partial charge in [-0.2, -0.15) is 0 Å². The molecule has 122 valence electrons. The Morgan fingerprint density at radius 2 is 1.86 bits per heavy atom. The van der Waals surface area contributed by atoms with Crippen molar-refractivity contribution in [3.63, 3.8) is 0 Å². The normalized spacial score (nSPS) is 15.9. The van der Waals surface area contributed by atoms with Crippen LogP contribution >= 0.6 is 0 Å². The number of ether oxygens (including phenoxy) is 1. The predicted octanol–water partition coefficient (Wildman–Crippen LogP) is 1.63. The van der Waals surface area contributed by atoms with E-state index in [0.717, 1.165) is 24.5 Å². The first kappa shape index (κ1) is 16.6. The molecule has 1 fully saturated rings. The fourth-order valence-corrected chi connectivity index (χ4v) is 2.88. The summed E-state index contributed by atoms with van der Waals surface area (Å²) in [4.78, 5) is 15.5. The van der Waals surface area contributed by atoms with Crippen LogP contribution in [0.5, 0.6) is 5.75 Å². The summed E-state index contributed by atoms with van der Waals surface area (Å²) in [6.45, 7) is 8.85. The standard InChI is InChI=1S/C17H26N2O3/c1-17(2,3)13-6-5-7-14(16(13)22-4)18-8-10-19(11-9-18)15(21)12-20/h5-7,20H,8-12H2,1-4H3. The number of hydrogen-bond donors (Lipinski definition) is 1. The molecule has 0 aromatic heterocycles. The number of hydrogen-bond acceptors (Lipinski definition) is 4. The maximum absolute atomic E-state index is 11.6. The van der Waals surface area contributed by atoms with Crippen molar-refractivity contribution < 1.29 is 14.6 Å². The molecule has 5 nitrogen and oxygen atoms in total. The molecule has 1 N–H and O–H groups in total. The van der Waals surface area contributed by atoms with E-state index < -0.39 is 6.61 Å². The number of para-hydroxylation sites is 1. The largest absolute Gasteiger partial charge is 0.494 e. The van der Waals surface area contributed by atoms with E-state index >= 15 is 0 Å². The van der Waals surface area contributed by atoms with Gasteiger partial charge in [-0.3, -0.25) is 4.79 Å². The minimum absolute atomic E-state index is 0.00995. The van der Waals surface area contributed by atoms with Crippen LogP contribution < -0.4 is 9.64 Å². The van der Waals surface area contributed by atoms with Gasteiger partial charge in [0, 0.05) is 31.7 Å². The highest BCUT2D eigenvalue weighted by atomic mass is 16.5. The van der Waals surface area contributed by atoms with Gasteiger partial charge in [0.15, 0.2) is 0 Å². The molecule has 0 spiro atoms. The highest BCUT2D eigenvalue weighted by Gasteiger charge is 2.26. The molecule has 0 aliphatic carbocycles. The summed E-state index contributed by atoms with van der Waals surface area (Å²) >= 11 is 0. The maximum atomic E-state index is 11.6. The van der Waals surface area contributed by atoms with E-state index in [-0.39, 0.29) is 11.3 Å². The van der Waals surface area contributed by atoms with Crippen molar-refractivity contribution in [2.75, 3.05) is 44.8 Å². The van der Waals surface area contributed by atoms with Crippen LogP contribution in [0, 0.1) is 0 Å². The second-order valence-corrected chi connectivity index (χ2v) is 6.63. The summed E-state index contributed by atoms with van der Waals surface area (Å²) in [5.41, 5.74) is 2.27. The summed E-state index contributed by atoms with van der Waals surface area (Å²) < 4.78 is 5.69. The van der Waals surface area contributed by atoms with E-state index in [1.54, 1.807) is 12.0 Å². The number of aliphatic hydroxyl groups excluding tert-OH is 1. The van der Waals surface area contributed by atoms with Crippen LogP contribution in [0.2, 0.25) is 0 Å². The van der Waals surface area contributed by atoms with Gasteiger partial charge in [0.25, 0.3) is 0 Å². The number of amides is 1. The van der Waals surface area contributed by atoms with Crippen LogP contribution in [0.1, 0.15) is 26.3 Å². The number of rotatable bonds is 3. The lowest BCUT2D eigenvalue weighted by Crippen LogP contribution is -2.49. The Labute approximate surface area is 132 Å². The highest BCUT2D eigenvalue weighted by Crippen LogP contribution is 2.38. The van der Waals surface area contributed by atoms with E-state index in [0.29, 0.717) is 13.1 Å². The Hall–Kier alpha value is -1.75. The van der Waals surface area contributed by atoms with E-state index in [4.69, 9.17) is 9.84 Å². The maximum Gasteiger partial charge on any atom is 0.248 e. The molecule has 1 aliphatic heterocycles. The lowest BCUT2D eigenvalue weighted by molar-refractivity contribution is -0.134. The van der Waals surface area contributed by atoms with Crippen molar-refractivity contribution >= 4 is 11.6 Å². The van der Waals surface area contributed by atoms with Crippen LogP contribution in [0.4, 0.5) is 5.69 Å². The number of piperazine rings is 1. The van der Waals surface area contributed by atoms with E-state index in [2.05, 4.69) is 43.9 Å². The summed E-state index contributed by atoms with van der Waals surface area (Å²) in [5, 5.41) is 8.95. The number of methoxy groups -OCH3 is 1. The molecule has 0 saturated carbocycles. The molecule has 0 bridgehead atoms. The zero-order valence-electron chi connectivity index (χ0n) is 13.9. The SMILES string of the molecule is COc1c(N2CCN(C(=O)CO)CC2)cccc1C(C)(C)C. The third-order valence-electron chi connectivity index (χ3n) is 4.11. The van der Waals surface area contributed by atoms with Gasteiger partial charge in [0.2, 0.25) is 5.91 Å². The average molecular weight is 306 g/mol. The second-order valence-electron chi connectivity index (χ2n) is 6.63. The average Bonchev–Trinajstić information content (AvgIpc) is 2.52. The van der Waals surface area contributed by atoms with Gasteiger partial charge in [-0.15, -0.1) is 0 Å². The number of anilines is 1. The number of aliphatic hydroxyl groups is 1. The van der Waals surface area contributed by atoms with Gasteiger partial charge in [-0.25, -0.2) is 0 Å². The smallest absolute Gasteiger partial charge is 0.248 e. The third kappa shape index (κ3) is 3.35. The van der Waals surface area contributed by atoms with Crippen LogP contribution in [-0.4, -0.2) is 55.8 Å². The monoisotopic (exact) mass is 306 g/mol. The molecule has 0 radical (unpaired) electrons. The lowest BCUT2D eigenvalue weighted by Gasteiger charge is -2.37. The van der Waals surface area contributed by atoms with Crippen molar-refractivity contribution in [2.24, 2.45) is 0 Å². The van der Waals surface area contributed by atoms with Crippen molar-refractivity contribution in [1.82, 2.24) is 4.90 Å². The Morgan fingerprint density at radius 1 is 1.23 bits per heavy atom. The number of carbonyl (C=O) groups is 1. The summed E-state index contributed by atoms with van der Waals surface area (Å²) in [6, 6.07) is 6.23. The van der Waals surface area contributed by atoms with Gasteiger partial charge in [-0.1, -0.05) is 32.9 Å². The van der Waals surface area contributed by atoms with Crippen molar-refractivity contribution in [3.8, 4) is 5.75 Å². The molecule has 1 aromatic carbocycles. The Bertz CT molecular complexity index is 529.